The number of imidazole rings is 1. The molecule has 4 nitrogen and oxygen atoms in total. The molecule has 0 unspecified atom stereocenters. The van der Waals surface area contributed by atoms with Gasteiger partial charge in [-0.25, -0.2) is 4.98 Å². The molecule has 3 aromatic rings. The number of nitrogens with zero attached hydrogens (tertiary/aromatic N) is 2. The van der Waals surface area contributed by atoms with Gasteiger partial charge < -0.3 is 14.1 Å². The topological polar surface area (TPSA) is 42.5 Å². The molecule has 3 heterocycles. The first-order valence-corrected chi connectivity index (χ1v) is 7.42. The number of aromatic nitrogens is 2. The molecule has 0 aromatic carbocycles. The minimum absolute atomic E-state index is 0.177. The summed E-state index contributed by atoms with van der Waals surface area (Å²) in [5, 5.41) is 3.46. The van der Waals surface area contributed by atoms with Gasteiger partial charge in [-0.05, 0) is 37.6 Å². The monoisotopic (exact) mass is 283 g/mol. The summed E-state index contributed by atoms with van der Waals surface area (Å²) in [6.45, 7) is 7.01. The number of hydrogen-bond acceptors (Lipinski definition) is 3. The molecular formula is C17H21N3O. The Labute approximate surface area is 124 Å². The second-order valence-corrected chi connectivity index (χ2v) is 5.41. The first-order valence-electron chi connectivity index (χ1n) is 7.42. The number of rotatable bonds is 5. The molecule has 0 saturated heterocycles. The summed E-state index contributed by atoms with van der Waals surface area (Å²) < 4.78 is 7.84. The van der Waals surface area contributed by atoms with Crippen molar-refractivity contribution in [3.05, 3.63) is 59.4 Å². The van der Waals surface area contributed by atoms with Gasteiger partial charge in [0, 0.05) is 25.4 Å². The van der Waals surface area contributed by atoms with Gasteiger partial charge >= 0.3 is 0 Å². The van der Waals surface area contributed by atoms with Crippen LogP contribution in [0.5, 0.6) is 0 Å². The lowest BCUT2D eigenvalue weighted by molar-refractivity contribution is 0.407. The molecule has 0 aliphatic heterocycles. The molecule has 3 rings (SSSR count). The smallest absolute Gasteiger partial charge is 0.139 e. The van der Waals surface area contributed by atoms with Gasteiger partial charge in [0.25, 0.3) is 0 Å². The summed E-state index contributed by atoms with van der Waals surface area (Å²) in [6, 6.07) is 8.39. The van der Waals surface area contributed by atoms with E-state index >= 15 is 0 Å². The van der Waals surface area contributed by atoms with Gasteiger partial charge in [-0.3, -0.25) is 0 Å². The van der Waals surface area contributed by atoms with Gasteiger partial charge in [0.15, 0.2) is 0 Å². The fourth-order valence-electron chi connectivity index (χ4n) is 2.47. The summed E-state index contributed by atoms with van der Waals surface area (Å²) in [4.78, 5) is 4.67. The van der Waals surface area contributed by atoms with Gasteiger partial charge in [0.2, 0.25) is 0 Å². The van der Waals surface area contributed by atoms with Gasteiger partial charge in [-0.1, -0.05) is 13.0 Å². The van der Waals surface area contributed by atoms with Crippen LogP contribution in [0.3, 0.4) is 0 Å². The van der Waals surface area contributed by atoms with Crippen molar-refractivity contribution in [1.29, 1.82) is 0 Å². The number of nitrogens with one attached hydrogen (secondary N) is 1. The highest BCUT2D eigenvalue weighted by atomic mass is 16.3. The molecule has 3 aromatic heterocycles. The van der Waals surface area contributed by atoms with Gasteiger partial charge in [-0.15, -0.1) is 0 Å². The third kappa shape index (κ3) is 2.85. The van der Waals surface area contributed by atoms with Crippen molar-refractivity contribution in [3.8, 4) is 0 Å². The molecule has 0 radical (unpaired) electrons. The van der Waals surface area contributed by atoms with E-state index in [4.69, 9.17) is 4.42 Å². The maximum absolute atomic E-state index is 5.77. The van der Waals surface area contributed by atoms with Crippen LogP contribution in [0.1, 0.15) is 42.7 Å². The lowest BCUT2D eigenvalue weighted by Gasteiger charge is -2.09. The fourth-order valence-corrected chi connectivity index (χ4v) is 2.47. The molecule has 0 spiro atoms. The van der Waals surface area contributed by atoms with Crippen molar-refractivity contribution in [2.75, 3.05) is 0 Å². The lowest BCUT2D eigenvalue weighted by atomic mass is 10.2. The highest BCUT2D eigenvalue weighted by Crippen LogP contribution is 2.17. The standard InChI is InChI=1S/C17H21N3O/c1-4-15-7-8-16(21-15)13(3)18-10-14-11-20-9-5-6-12(2)17(20)19-14/h5-9,11,13,18H,4,10H2,1-3H3/t13-/m1/s1. The number of fused-ring (bicyclic) bond motifs is 1. The molecule has 0 amide bonds. The van der Waals surface area contributed by atoms with E-state index in [1.165, 1.54) is 5.56 Å². The Morgan fingerprint density at radius 3 is 2.90 bits per heavy atom. The maximum atomic E-state index is 5.77. The van der Waals surface area contributed by atoms with Crippen LogP contribution in [0.4, 0.5) is 0 Å². The van der Waals surface area contributed by atoms with Crippen LogP contribution < -0.4 is 5.32 Å². The molecule has 0 bridgehead atoms. The number of furan rings is 1. The fraction of sp³-hybridized carbons (Fsp3) is 0.353. The predicted molar refractivity (Wildman–Crippen MR) is 83.3 cm³/mol. The van der Waals surface area contributed by atoms with E-state index in [1.54, 1.807) is 0 Å². The molecule has 110 valence electrons. The average molecular weight is 283 g/mol. The first kappa shape index (κ1) is 13.9. The van der Waals surface area contributed by atoms with Gasteiger partial charge in [0.05, 0.1) is 11.7 Å². The summed E-state index contributed by atoms with van der Waals surface area (Å²) in [7, 11) is 0. The number of aryl methyl sites for hydroxylation is 2. The Bertz CT molecular complexity index is 741. The van der Waals surface area contributed by atoms with Crippen molar-refractivity contribution in [2.24, 2.45) is 0 Å². The minimum atomic E-state index is 0.177. The first-order chi connectivity index (χ1) is 10.2. The third-order valence-electron chi connectivity index (χ3n) is 3.77. The predicted octanol–water partition coefficient (Wildman–Crippen LogP) is 3.65. The highest BCUT2D eigenvalue weighted by molar-refractivity contribution is 5.47. The maximum Gasteiger partial charge on any atom is 0.139 e. The summed E-state index contributed by atoms with van der Waals surface area (Å²) in [5.74, 6) is 2.01. The second-order valence-electron chi connectivity index (χ2n) is 5.41. The van der Waals surface area contributed by atoms with Crippen LogP contribution in [0.15, 0.2) is 41.1 Å². The number of pyridine rings is 1. The Balaban J connectivity index is 1.69. The molecule has 21 heavy (non-hydrogen) atoms. The largest absolute Gasteiger partial charge is 0.464 e. The van der Waals surface area contributed by atoms with Crippen LogP contribution in [0.2, 0.25) is 0 Å². The zero-order valence-electron chi connectivity index (χ0n) is 12.8. The average Bonchev–Trinajstić information content (AvgIpc) is 3.12. The van der Waals surface area contributed by atoms with Crippen LogP contribution in [-0.2, 0) is 13.0 Å². The number of hydrogen-bond donors (Lipinski definition) is 1. The molecule has 0 aliphatic carbocycles. The van der Waals surface area contributed by atoms with E-state index in [0.29, 0.717) is 0 Å². The normalized spacial score (nSPS) is 12.9. The van der Waals surface area contributed by atoms with E-state index in [9.17, 15) is 0 Å². The van der Waals surface area contributed by atoms with Crippen molar-refractivity contribution < 1.29 is 4.42 Å². The van der Waals surface area contributed by atoms with E-state index in [1.807, 2.05) is 24.4 Å². The van der Waals surface area contributed by atoms with E-state index in [-0.39, 0.29) is 6.04 Å². The summed E-state index contributed by atoms with van der Waals surface area (Å²) in [5.41, 5.74) is 3.25. The highest BCUT2D eigenvalue weighted by Gasteiger charge is 2.11. The van der Waals surface area contributed by atoms with Crippen LogP contribution in [-0.4, -0.2) is 9.38 Å². The Morgan fingerprint density at radius 1 is 1.33 bits per heavy atom. The van der Waals surface area contributed by atoms with Crippen molar-refractivity contribution >= 4 is 5.65 Å². The van der Waals surface area contributed by atoms with Crippen molar-refractivity contribution in [1.82, 2.24) is 14.7 Å². The minimum Gasteiger partial charge on any atom is -0.464 e. The molecule has 1 N–H and O–H groups in total. The van der Waals surface area contributed by atoms with Gasteiger partial charge in [0.1, 0.15) is 17.2 Å². The Kier molecular flexibility index (Phi) is 3.80. The summed E-state index contributed by atoms with van der Waals surface area (Å²) in [6.07, 6.45) is 5.03. The zero-order chi connectivity index (χ0) is 14.8. The lowest BCUT2D eigenvalue weighted by Crippen LogP contribution is -2.17. The van der Waals surface area contributed by atoms with Crippen molar-refractivity contribution in [2.45, 2.75) is 39.8 Å². The SMILES string of the molecule is CCc1ccc([C@@H](C)NCc2cn3cccc(C)c3n2)o1. The molecule has 0 aliphatic rings. The second kappa shape index (κ2) is 5.74. The quantitative estimate of drug-likeness (QED) is 0.777. The van der Waals surface area contributed by atoms with Crippen LogP contribution in [0, 0.1) is 6.92 Å². The van der Waals surface area contributed by atoms with Crippen molar-refractivity contribution in [3.63, 3.8) is 0 Å². The molecule has 4 heteroatoms. The van der Waals surface area contributed by atoms with E-state index in [2.05, 4.69) is 47.7 Å². The molecule has 0 fully saturated rings. The van der Waals surface area contributed by atoms with Crippen LogP contribution >= 0.6 is 0 Å². The molecule has 0 saturated carbocycles. The third-order valence-corrected chi connectivity index (χ3v) is 3.77. The molecule has 1 atom stereocenters. The Hall–Kier alpha value is -2.07. The molecular weight excluding hydrogens is 262 g/mol. The Morgan fingerprint density at radius 2 is 2.19 bits per heavy atom. The zero-order valence-corrected chi connectivity index (χ0v) is 12.8. The van der Waals surface area contributed by atoms with Crippen LogP contribution in [0.25, 0.3) is 5.65 Å². The van der Waals surface area contributed by atoms with Gasteiger partial charge in [-0.2, -0.15) is 0 Å². The van der Waals surface area contributed by atoms with E-state index in [0.717, 1.165) is 35.8 Å². The van der Waals surface area contributed by atoms with E-state index < -0.39 is 0 Å². The summed E-state index contributed by atoms with van der Waals surface area (Å²) >= 11 is 0.